The highest BCUT2D eigenvalue weighted by atomic mass is 35.5. The van der Waals surface area contributed by atoms with Gasteiger partial charge in [-0.25, -0.2) is 12.8 Å². The lowest BCUT2D eigenvalue weighted by molar-refractivity contribution is 0.471. The summed E-state index contributed by atoms with van der Waals surface area (Å²) in [5.74, 6) is -2.31. The standard InChI is InChI=1S/C27H21Cl3FNO3S/c1-17-4-2-7-25(33)32(17)27(19-10-14-21(29)15-11-19)22(18-8-12-20(28)13-9-18)16-36(34,35)24-6-3-5-23(30)26(24)31/h2-15,22,27H,16H2,1H3/t22-,27+/m1/s1. The zero-order valence-corrected chi connectivity index (χ0v) is 22.1. The van der Waals surface area contributed by atoms with Crippen LogP contribution in [0.15, 0.2) is 94.6 Å². The first-order chi connectivity index (χ1) is 17.1. The molecule has 0 aliphatic heterocycles. The molecular formula is C27H21Cl3FNO3S. The number of hydrogen-bond acceptors (Lipinski definition) is 3. The van der Waals surface area contributed by atoms with Crippen molar-refractivity contribution in [3.05, 3.63) is 133 Å². The Bertz CT molecular complexity index is 1550. The molecule has 0 spiro atoms. The number of aromatic nitrogens is 1. The second kappa shape index (κ2) is 10.8. The van der Waals surface area contributed by atoms with Gasteiger partial charge in [0.2, 0.25) is 0 Å². The normalized spacial score (nSPS) is 13.4. The van der Waals surface area contributed by atoms with E-state index in [4.69, 9.17) is 34.8 Å². The molecule has 1 aromatic heterocycles. The third-order valence-corrected chi connectivity index (χ3v) is 8.59. The van der Waals surface area contributed by atoms with Gasteiger partial charge in [0.1, 0.15) is 4.90 Å². The first-order valence-electron chi connectivity index (χ1n) is 10.9. The van der Waals surface area contributed by atoms with E-state index in [0.717, 1.165) is 0 Å². The van der Waals surface area contributed by atoms with Gasteiger partial charge in [-0.15, -0.1) is 0 Å². The van der Waals surface area contributed by atoms with Crippen LogP contribution in [0.25, 0.3) is 0 Å². The molecule has 2 atom stereocenters. The van der Waals surface area contributed by atoms with E-state index in [9.17, 15) is 17.6 Å². The van der Waals surface area contributed by atoms with Crippen LogP contribution in [0.4, 0.5) is 4.39 Å². The van der Waals surface area contributed by atoms with Gasteiger partial charge in [0.05, 0.1) is 16.8 Å². The van der Waals surface area contributed by atoms with Gasteiger partial charge < -0.3 is 4.57 Å². The average molecular weight is 565 g/mol. The summed E-state index contributed by atoms with van der Waals surface area (Å²) in [6, 6.07) is 21.5. The van der Waals surface area contributed by atoms with E-state index >= 15 is 0 Å². The molecule has 36 heavy (non-hydrogen) atoms. The van der Waals surface area contributed by atoms with Crippen molar-refractivity contribution < 1.29 is 12.8 Å². The van der Waals surface area contributed by atoms with E-state index in [1.54, 1.807) is 72.2 Å². The van der Waals surface area contributed by atoms with E-state index in [-0.39, 0.29) is 10.6 Å². The maximum Gasteiger partial charge on any atom is 0.251 e. The highest BCUT2D eigenvalue weighted by Gasteiger charge is 2.34. The Morgan fingerprint density at radius 3 is 1.94 bits per heavy atom. The number of pyridine rings is 1. The average Bonchev–Trinajstić information content (AvgIpc) is 2.83. The van der Waals surface area contributed by atoms with Crippen LogP contribution in [0.2, 0.25) is 15.1 Å². The van der Waals surface area contributed by atoms with Gasteiger partial charge in [-0.3, -0.25) is 4.79 Å². The lowest BCUT2D eigenvalue weighted by atomic mass is 9.87. The number of sulfone groups is 1. The van der Waals surface area contributed by atoms with Gasteiger partial charge in [-0.1, -0.05) is 71.2 Å². The molecule has 1 heterocycles. The van der Waals surface area contributed by atoms with Crippen molar-refractivity contribution in [2.45, 2.75) is 23.8 Å². The Morgan fingerprint density at radius 1 is 0.806 bits per heavy atom. The van der Waals surface area contributed by atoms with Crippen LogP contribution >= 0.6 is 34.8 Å². The number of hydrogen-bond donors (Lipinski definition) is 0. The number of halogens is 4. The largest absolute Gasteiger partial charge is 0.305 e. The van der Waals surface area contributed by atoms with Gasteiger partial charge in [0.15, 0.2) is 15.7 Å². The van der Waals surface area contributed by atoms with Crippen LogP contribution in [-0.4, -0.2) is 18.7 Å². The molecule has 0 N–H and O–H groups in total. The SMILES string of the molecule is Cc1cccc(=O)n1[C@@H](c1ccc(Cl)cc1)[C@H](CS(=O)(=O)c1cccc(Cl)c1F)c1ccc(Cl)cc1. The van der Waals surface area contributed by atoms with Crippen molar-refractivity contribution in [1.82, 2.24) is 4.57 Å². The molecule has 4 nitrogen and oxygen atoms in total. The molecule has 0 saturated heterocycles. The Kier molecular flexibility index (Phi) is 7.90. The minimum Gasteiger partial charge on any atom is -0.305 e. The van der Waals surface area contributed by atoms with Crippen molar-refractivity contribution in [3.8, 4) is 0 Å². The molecule has 9 heteroatoms. The Morgan fingerprint density at radius 2 is 1.36 bits per heavy atom. The van der Waals surface area contributed by atoms with Crippen molar-refractivity contribution in [2.24, 2.45) is 0 Å². The van der Waals surface area contributed by atoms with Gasteiger partial charge in [-0.2, -0.15) is 0 Å². The van der Waals surface area contributed by atoms with Gasteiger partial charge in [0, 0.05) is 27.7 Å². The summed E-state index contributed by atoms with van der Waals surface area (Å²) >= 11 is 18.1. The number of aryl methyl sites for hydroxylation is 1. The predicted molar refractivity (Wildman–Crippen MR) is 143 cm³/mol. The first-order valence-corrected chi connectivity index (χ1v) is 13.7. The molecular weight excluding hydrogens is 544 g/mol. The van der Waals surface area contributed by atoms with Crippen LogP contribution in [0, 0.1) is 12.7 Å². The fourth-order valence-corrected chi connectivity index (χ4v) is 6.49. The van der Waals surface area contributed by atoms with Crippen molar-refractivity contribution in [3.63, 3.8) is 0 Å². The molecule has 4 aromatic rings. The highest BCUT2D eigenvalue weighted by molar-refractivity contribution is 7.91. The molecule has 4 rings (SSSR count). The molecule has 0 saturated carbocycles. The second-order valence-electron chi connectivity index (χ2n) is 8.36. The van der Waals surface area contributed by atoms with Crippen LogP contribution in [0.1, 0.15) is 28.8 Å². The minimum absolute atomic E-state index is 0.288. The van der Waals surface area contributed by atoms with Crippen LogP contribution in [0.3, 0.4) is 0 Å². The molecule has 0 bridgehead atoms. The maximum atomic E-state index is 14.8. The molecule has 3 aromatic carbocycles. The summed E-state index contributed by atoms with van der Waals surface area (Å²) in [4.78, 5) is 12.6. The minimum atomic E-state index is -4.20. The van der Waals surface area contributed by atoms with Crippen molar-refractivity contribution >= 4 is 44.6 Å². The van der Waals surface area contributed by atoms with E-state index in [2.05, 4.69) is 0 Å². The molecule has 0 aliphatic rings. The van der Waals surface area contributed by atoms with Gasteiger partial charge >= 0.3 is 0 Å². The van der Waals surface area contributed by atoms with E-state index in [0.29, 0.717) is 26.9 Å². The van der Waals surface area contributed by atoms with Crippen molar-refractivity contribution in [1.29, 1.82) is 0 Å². The monoisotopic (exact) mass is 563 g/mol. The smallest absolute Gasteiger partial charge is 0.251 e. The summed E-state index contributed by atoms with van der Waals surface area (Å²) < 4.78 is 43.6. The van der Waals surface area contributed by atoms with E-state index in [1.807, 2.05) is 0 Å². The Labute approximate surface area is 223 Å². The number of nitrogens with zero attached hydrogens (tertiary/aromatic N) is 1. The van der Waals surface area contributed by atoms with Crippen LogP contribution < -0.4 is 5.56 Å². The fraction of sp³-hybridized carbons (Fsp3) is 0.148. The Balaban J connectivity index is 1.97. The number of rotatable bonds is 7. The van der Waals surface area contributed by atoms with Gasteiger partial charge in [-0.05, 0) is 60.5 Å². The van der Waals surface area contributed by atoms with Gasteiger partial charge in [0.25, 0.3) is 5.56 Å². The maximum absolute atomic E-state index is 14.8. The fourth-order valence-electron chi connectivity index (χ4n) is 4.31. The highest BCUT2D eigenvalue weighted by Crippen LogP contribution is 2.38. The number of benzene rings is 3. The lowest BCUT2D eigenvalue weighted by Gasteiger charge is -2.31. The van der Waals surface area contributed by atoms with Crippen LogP contribution in [0.5, 0.6) is 0 Å². The third-order valence-electron chi connectivity index (χ3n) is 6.01. The third kappa shape index (κ3) is 5.52. The molecule has 186 valence electrons. The zero-order chi connectivity index (χ0) is 26.0. The first kappa shape index (κ1) is 26.4. The van der Waals surface area contributed by atoms with Crippen LogP contribution in [-0.2, 0) is 9.84 Å². The molecule has 0 unspecified atom stereocenters. The Hall–Kier alpha value is -2.64. The summed E-state index contributed by atoms with van der Waals surface area (Å²) in [5.41, 5.74) is 1.60. The van der Waals surface area contributed by atoms with E-state index < -0.39 is 38.3 Å². The quantitative estimate of drug-likeness (QED) is 0.240. The zero-order valence-electron chi connectivity index (χ0n) is 19.0. The molecule has 0 radical (unpaired) electrons. The second-order valence-corrected chi connectivity index (χ2v) is 11.6. The van der Waals surface area contributed by atoms with E-state index in [1.165, 1.54) is 24.3 Å². The topological polar surface area (TPSA) is 56.1 Å². The summed E-state index contributed by atoms with van der Waals surface area (Å²) in [6.45, 7) is 1.77. The summed E-state index contributed by atoms with van der Waals surface area (Å²) in [6.07, 6.45) is 0. The summed E-state index contributed by atoms with van der Waals surface area (Å²) in [7, 11) is -4.20. The molecule has 0 amide bonds. The van der Waals surface area contributed by atoms with Crippen molar-refractivity contribution in [2.75, 3.05) is 5.75 Å². The molecule has 0 fully saturated rings. The summed E-state index contributed by atoms with van der Waals surface area (Å²) in [5, 5.41) is 0.673. The lowest BCUT2D eigenvalue weighted by Crippen LogP contribution is -2.33. The predicted octanol–water partition coefficient (Wildman–Crippen LogP) is 7.10. The molecule has 0 aliphatic carbocycles.